The molecule has 1 aliphatic heterocycles. The first-order valence-electron chi connectivity index (χ1n) is 10.3. The molecule has 10 heteroatoms. The number of rotatable bonds is 6. The van der Waals surface area contributed by atoms with Gasteiger partial charge in [-0.1, -0.05) is 58.7 Å². The number of halogens is 3. The fourth-order valence-electron chi connectivity index (χ4n) is 3.36. The number of aliphatic imine (C=N–C) groups is 1. The van der Waals surface area contributed by atoms with Crippen LogP contribution in [0.15, 0.2) is 58.1 Å². The second-order valence-electron chi connectivity index (χ2n) is 7.79. The third-order valence-corrected chi connectivity index (χ3v) is 7.36. The molecule has 1 fully saturated rings. The summed E-state index contributed by atoms with van der Waals surface area (Å²) in [5, 5.41) is 3.38. The summed E-state index contributed by atoms with van der Waals surface area (Å²) in [6.07, 6.45) is 1.48. The van der Waals surface area contributed by atoms with Crippen LogP contribution in [-0.4, -0.2) is 27.1 Å². The third kappa shape index (κ3) is 5.61. The number of aryl methyl sites for hydroxylation is 2. The molecule has 0 radical (unpaired) electrons. The number of hydrogen-bond donors (Lipinski definition) is 1. The monoisotopic (exact) mass is 535 g/mol. The molecule has 0 unspecified atom stereocenters. The molecule has 0 spiro atoms. The molecule has 2 amide bonds. The zero-order valence-corrected chi connectivity index (χ0v) is 21.4. The van der Waals surface area contributed by atoms with Crippen molar-refractivity contribution in [2.24, 2.45) is 4.99 Å². The number of carbonyl (C=O) groups is 2. The predicted octanol–water partition coefficient (Wildman–Crippen LogP) is 7.02. The normalized spacial score (nSPS) is 17.0. The molecule has 34 heavy (non-hydrogen) atoms. The zero-order chi connectivity index (χ0) is 24.4. The van der Waals surface area contributed by atoms with Crippen LogP contribution in [0.1, 0.15) is 23.3 Å². The predicted molar refractivity (Wildman–Crippen MR) is 138 cm³/mol. The molecule has 0 saturated carbocycles. The Morgan fingerprint density at radius 2 is 1.88 bits per heavy atom. The number of hydrogen-bond acceptors (Lipinski definition) is 5. The summed E-state index contributed by atoms with van der Waals surface area (Å²) in [7, 11) is 0. The van der Waals surface area contributed by atoms with Gasteiger partial charge in [0, 0.05) is 6.42 Å². The number of nitrogens with zero attached hydrogens (tertiary/aromatic N) is 2. The summed E-state index contributed by atoms with van der Waals surface area (Å²) in [4.78, 5) is 32.4. The highest BCUT2D eigenvalue weighted by Gasteiger charge is 2.39. The lowest BCUT2D eigenvalue weighted by molar-refractivity contribution is -0.128. The van der Waals surface area contributed by atoms with E-state index in [1.807, 2.05) is 32.0 Å². The second kappa shape index (κ2) is 10.4. The molecular weight excluding hydrogens is 517 g/mol. The van der Waals surface area contributed by atoms with Crippen LogP contribution in [0.5, 0.6) is 0 Å². The van der Waals surface area contributed by atoms with Gasteiger partial charge in [-0.25, -0.2) is 4.99 Å². The Hall–Kier alpha value is -2.45. The number of nitrogens with one attached hydrogen (secondary N) is 1. The number of anilines is 1. The molecular formula is C24H20Cl3N3O3S. The minimum absolute atomic E-state index is 0.0689. The van der Waals surface area contributed by atoms with Gasteiger partial charge in [-0.2, -0.15) is 0 Å². The van der Waals surface area contributed by atoms with Gasteiger partial charge in [0.1, 0.15) is 11.0 Å². The Morgan fingerprint density at radius 3 is 2.62 bits per heavy atom. The van der Waals surface area contributed by atoms with E-state index >= 15 is 0 Å². The second-order valence-corrected chi connectivity index (χ2v) is 10.2. The van der Waals surface area contributed by atoms with E-state index in [0.717, 1.165) is 16.8 Å². The molecule has 1 aliphatic rings. The minimum Gasteiger partial charge on any atom is -0.467 e. The Bertz CT molecular complexity index is 1280. The van der Waals surface area contributed by atoms with E-state index in [4.69, 9.17) is 44.2 Å². The van der Waals surface area contributed by atoms with E-state index in [2.05, 4.69) is 5.32 Å². The van der Waals surface area contributed by atoms with Crippen LogP contribution in [0, 0.1) is 13.8 Å². The van der Waals surface area contributed by atoms with Crippen LogP contribution in [0.4, 0.5) is 11.4 Å². The molecule has 1 aromatic heterocycles. The zero-order valence-electron chi connectivity index (χ0n) is 18.3. The molecule has 0 aliphatic carbocycles. The fourth-order valence-corrected chi connectivity index (χ4v) is 5.10. The Balaban J connectivity index is 1.57. The minimum atomic E-state index is -0.652. The first-order valence-corrected chi connectivity index (χ1v) is 12.3. The number of thioether (sulfide) groups is 1. The summed E-state index contributed by atoms with van der Waals surface area (Å²) in [6.45, 7) is 4.17. The first kappa shape index (κ1) is 24.7. The lowest BCUT2D eigenvalue weighted by Crippen LogP contribution is -2.33. The molecule has 176 valence electrons. The maximum Gasteiger partial charge on any atom is 0.243 e. The average Bonchev–Trinajstić information content (AvgIpc) is 3.39. The quantitative estimate of drug-likeness (QED) is 0.344. The first-order chi connectivity index (χ1) is 16.2. The number of carbonyl (C=O) groups excluding carboxylic acids is 2. The van der Waals surface area contributed by atoms with Crippen LogP contribution in [0.3, 0.4) is 0 Å². The summed E-state index contributed by atoms with van der Waals surface area (Å²) >= 11 is 19.4. The van der Waals surface area contributed by atoms with E-state index < -0.39 is 5.25 Å². The van der Waals surface area contributed by atoms with Crippen LogP contribution in [0.2, 0.25) is 15.1 Å². The van der Waals surface area contributed by atoms with Crippen molar-refractivity contribution >= 4 is 74.9 Å². The molecule has 1 saturated heterocycles. The molecule has 1 N–H and O–H groups in total. The van der Waals surface area contributed by atoms with Crippen LogP contribution >= 0.6 is 46.6 Å². The van der Waals surface area contributed by atoms with Crippen LogP contribution in [0.25, 0.3) is 0 Å². The molecule has 3 aromatic rings. The standard InChI is InChI=1S/C24H20Cl3N3O3S/c1-13-5-6-14(2)19(8-13)29-24-30(12-15-4-3-7-33-15)23(32)21(34-24)11-22(31)28-20-10-17(26)16(25)9-18(20)27/h3-10,21H,11-12H2,1-2H3,(H,28,31)/t21-/m0/s1. The highest BCUT2D eigenvalue weighted by atomic mass is 35.5. The fraction of sp³-hybridized carbons (Fsp3) is 0.208. The Morgan fingerprint density at radius 1 is 1.12 bits per heavy atom. The van der Waals surface area contributed by atoms with E-state index in [-0.39, 0.29) is 39.8 Å². The number of amidine groups is 1. The number of amides is 2. The topological polar surface area (TPSA) is 74.9 Å². The maximum absolute atomic E-state index is 13.3. The maximum atomic E-state index is 13.3. The van der Waals surface area contributed by atoms with Crippen molar-refractivity contribution in [3.05, 3.63) is 80.7 Å². The number of furan rings is 1. The van der Waals surface area contributed by atoms with Gasteiger partial charge in [0.25, 0.3) is 0 Å². The van der Waals surface area contributed by atoms with Crippen molar-refractivity contribution in [1.82, 2.24) is 4.90 Å². The van der Waals surface area contributed by atoms with E-state index in [1.54, 1.807) is 23.3 Å². The van der Waals surface area contributed by atoms with E-state index in [0.29, 0.717) is 16.6 Å². The van der Waals surface area contributed by atoms with Crippen molar-refractivity contribution in [2.75, 3.05) is 5.32 Å². The molecule has 6 nitrogen and oxygen atoms in total. The van der Waals surface area contributed by atoms with E-state index in [1.165, 1.54) is 23.9 Å². The van der Waals surface area contributed by atoms with Gasteiger partial charge in [0.15, 0.2) is 5.17 Å². The molecule has 0 bridgehead atoms. The molecule has 2 aromatic carbocycles. The number of benzene rings is 2. The van der Waals surface area contributed by atoms with Crippen molar-refractivity contribution in [3.8, 4) is 0 Å². The summed E-state index contributed by atoms with van der Waals surface area (Å²) in [6, 6.07) is 12.4. The van der Waals surface area contributed by atoms with Crippen molar-refractivity contribution in [3.63, 3.8) is 0 Å². The highest BCUT2D eigenvalue weighted by Crippen LogP contribution is 2.35. The largest absolute Gasteiger partial charge is 0.467 e. The summed E-state index contributed by atoms with van der Waals surface area (Å²) in [5.74, 6) is 0.0215. The summed E-state index contributed by atoms with van der Waals surface area (Å²) in [5.41, 5.74) is 3.14. The van der Waals surface area contributed by atoms with Gasteiger partial charge < -0.3 is 9.73 Å². The van der Waals surface area contributed by atoms with Crippen molar-refractivity contribution in [2.45, 2.75) is 32.1 Å². The highest BCUT2D eigenvalue weighted by molar-refractivity contribution is 8.15. The van der Waals surface area contributed by atoms with Gasteiger partial charge in [-0.05, 0) is 55.3 Å². The van der Waals surface area contributed by atoms with Crippen LogP contribution < -0.4 is 5.32 Å². The average molecular weight is 537 g/mol. The Kier molecular flexibility index (Phi) is 7.57. The van der Waals surface area contributed by atoms with Crippen LogP contribution in [-0.2, 0) is 16.1 Å². The van der Waals surface area contributed by atoms with Crippen molar-refractivity contribution < 1.29 is 14.0 Å². The van der Waals surface area contributed by atoms with Gasteiger partial charge in [-0.15, -0.1) is 0 Å². The van der Waals surface area contributed by atoms with Gasteiger partial charge in [0.2, 0.25) is 11.8 Å². The summed E-state index contributed by atoms with van der Waals surface area (Å²) < 4.78 is 5.44. The SMILES string of the molecule is Cc1ccc(C)c(N=C2S[C@@H](CC(=O)Nc3cc(Cl)c(Cl)cc3Cl)C(=O)N2Cc2ccco2)c1. The smallest absolute Gasteiger partial charge is 0.243 e. The lowest BCUT2D eigenvalue weighted by atomic mass is 10.1. The van der Waals surface area contributed by atoms with Gasteiger partial charge >= 0.3 is 0 Å². The molecule has 1 atom stereocenters. The Labute approximate surface area is 216 Å². The lowest BCUT2D eigenvalue weighted by Gasteiger charge is -2.15. The van der Waals surface area contributed by atoms with Gasteiger partial charge in [-0.3, -0.25) is 14.5 Å². The van der Waals surface area contributed by atoms with Crippen molar-refractivity contribution in [1.29, 1.82) is 0 Å². The van der Waals surface area contributed by atoms with Gasteiger partial charge in [0.05, 0.1) is 39.3 Å². The third-order valence-electron chi connectivity index (χ3n) is 5.15. The molecule has 4 rings (SSSR count). The molecule has 2 heterocycles. The van der Waals surface area contributed by atoms with E-state index in [9.17, 15) is 9.59 Å².